The van der Waals surface area contributed by atoms with Gasteiger partial charge in [-0.1, -0.05) is 6.92 Å². The molecule has 0 aliphatic carbocycles. The number of urea groups is 1. The zero-order chi connectivity index (χ0) is 13.1. The van der Waals surface area contributed by atoms with Crippen LogP contribution in [0.3, 0.4) is 0 Å². The average Bonchev–Trinajstić information content (AvgIpc) is 2.33. The number of piperidine rings is 1. The summed E-state index contributed by atoms with van der Waals surface area (Å²) in [5.41, 5.74) is 6.16. The van der Waals surface area contributed by atoms with E-state index in [1.54, 1.807) is 6.07 Å². The number of anilines is 2. The SMILES string of the molecule is CC1CCN(C(=O)Nc2ncc(N)cc2Br)CC1. The lowest BCUT2D eigenvalue weighted by molar-refractivity contribution is 0.186. The highest BCUT2D eigenvalue weighted by Crippen LogP contribution is 2.23. The maximum absolute atomic E-state index is 12.0. The van der Waals surface area contributed by atoms with Gasteiger partial charge in [0.2, 0.25) is 0 Å². The number of nitrogens with two attached hydrogens (primary N) is 1. The van der Waals surface area contributed by atoms with E-state index in [0.29, 0.717) is 21.9 Å². The van der Waals surface area contributed by atoms with Crippen LogP contribution in [0.15, 0.2) is 16.7 Å². The Balaban J connectivity index is 1.98. The summed E-state index contributed by atoms with van der Waals surface area (Å²) in [4.78, 5) is 18.0. The number of carbonyl (C=O) groups excluding carboxylic acids is 1. The highest BCUT2D eigenvalue weighted by Gasteiger charge is 2.20. The Morgan fingerprint density at radius 2 is 2.22 bits per heavy atom. The summed E-state index contributed by atoms with van der Waals surface area (Å²) in [5.74, 6) is 1.21. The molecule has 1 aliphatic heterocycles. The smallest absolute Gasteiger partial charge is 0.323 e. The van der Waals surface area contributed by atoms with Crippen molar-refractivity contribution in [2.75, 3.05) is 24.1 Å². The van der Waals surface area contributed by atoms with Crippen LogP contribution in [-0.2, 0) is 0 Å². The van der Waals surface area contributed by atoms with Crippen LogP contribution in [0.25, 0.3) is 0 Å². The van der Waals surface area contributed by atoms with Gasteiger partial charge in [-0.05, 0) is 40.8 Å². The van der Waals surface area contributed by atoms with Crippen molar-refractivity contribution in [2.45, 2.75) is 19.8 Å². The van der Waals surface area contributed by atoms with Crippen molar-refractivity contribution >= 4 is 33.5 Å². The Hall–Kier alpha value is -1.30. The maximum Gasteiger partial charge on any atom is 0.323 e. The van der Waals surface area contributed by atoms with Gasteiger partial charge in [-0.2, -0.15) is 0 Å². The fourth-order valence-electron chi connectivity index (χ4n) is 1.94. The molecular formula is C12H17BrN4O. The lowest BCUT2D eigenvalue weighted by Gasteiger charge is -2.30. The number of carbonyl (C=O) groups is 1. The third-order valence-electron chi connectivity index (χ3n) is 3.16. The van der Waals surface area contributed by atoms with Gasteiger partial charge in [0.05, 0.1) is 16.4 Å². The summed E-state index contributed by atoms with van der Waals surface area (Å²) in [5, 5.41) is 2.80. The monoisotopic (exact) mass is 312 g/mol. The normalized spacial score (nSPS) is 16.7. The molecule has 0 atom stereocenters. The molecule has 0 bridgehead atoms. The molecule has 98 valence electrons. The Morgan fingerprint density at radius 3 is 2.83 bits per heavy atom. The first-order valence-corrected chi connectivity index (χ1v) is 6.82. The standard InChI is InChI=1S/C12H17BrN4O/c1-8-2-4-17(5-3-8)12(18)16-11-10(13)6-9(14)7-15-11/h6-8H,2-5,14H2,1H3,(H,15,16,18). The van der Waals surface area contributed by atoms with Crippen molar-refractivity contribution in [3.8, 4) is 0 Å². The number of nitrogens with zero attached hydrogens (tertiary/aromatic N) is 2. The molecule has 1 aromatic heterocycles. The van der Waals surface area contributed by atoms with Crippen molar-refractivity contribution in [2.24, 2.45) is 5.92 Å². The van der Waals surface area contributed by atoms with Gasteiger partial charge in [-0.15, -0.1) is 0 Å². The molecule has 1 aliphatic rings. The number of hydrogen-bond acceptors (Lipinski definition) is 3. The predicted molar refractivity (Wildman–Crippen MR) is 75.3 cm³/mol. The number of rotatable bonds is 1. The van der Waals surface area contributed by atoms with E-state index in [-0.39, 0.29) is 6.03 Å². The van der Waals surface area contributed by atoms with Gasteiger partial charge in [-0.25, -0.2) is 9.78 Å². The fraction of sp³-hybridized carbons (Fsp3) is 0.500. The van der Waals surface area contributed by atoms with Gasteiger partial charge < -0.3 is 10.6 Å². The van der Waals surface area contributed by atoms with E-state index in [1.807, 2.05) is 4.90 Å². The van der Waals surface area contributed by atoms with Crippen LogP contribution in [0.4, 0.5) is 16.3 Å². The molecule has 0 unspecified atom stereocenters. The number of nitrogens with one attached hydrogen (secondary N) is 1. The van der Waals surface area contributed by atoms with Crippen molar-refractivity contribution in [1.29, 1.82) is 0 Å². The van der Waals surface area contributed by atoms with E-state index in [9.17, 15) is 4.79 Å². The quantitative estimate of drug-likeness (QED) is 0.837. The minimum absolute atomic E-state index is 0.0973. The Morgan fingerprint density at radius 1 is 1.56 bits per heavy atom. The van der Waals surface area contributed by atoms with E-state index >= 15 is 0 Å². The van der Waals surface area contributed by atoms with Crippen LogP contribution >= 0.6 is 15.9 Å². The zero-order valence-electron chi connectivity index (χ0n) is 10.3. The van der Waals surface area contributed by atoms with Crippen molar-refractivity contribution in [3.63, 3.8) is 0 Å². The second-order valence-corrected chi connectivity index (χ2v) is 5.55. The van der Waals surface area contributed by atoms with E-state index in [1.165, 1.54) is 6.20 Å². The highest BCUT2D eigenvalue weighted by molar-refractivity contribution is 9.10. The number of likely N-dealkylation sites (tertiary alicyclic amines) is 1. The molecule has 1 fully saturated rings. The molecule has 3 N–H and O–H groups in total. The highest BCUT2D eigenvalue weighted by atomic mass is 79.9. The number of nitrogen functional groups attached to an aromatic ring is 1. The Kier molecular flexibility index (Phi) is 4.06. The minimum atomic E-state index is -0.0973. The second-order valence-electron chi connectivity index (χ2n) is 4.70. The van der Waals surface area contributed by atoms with E-state index < -0.39 is 0 Å². The maximum atomic E-state index is 12.0. The number of aromatic nitrogens is 1. The average molecular weight is 313 g/mol. The molecule has 6 heteroatoms. The molecule has 2 amide bonds. The first-order chi connectivity index (χ1) is 8.56. The fourth-order valence-corrected chi connectivity index (χ4v) is 2.40. The lowest BCUT2D eigenvalue weighted by atomic mass is 10.00. The summed E-state index contributed by atoms with van der Waals surface area (Å²) >= 11 is 3.33. The third-order valence-corrected chi connectivity index (χ3v) is 3.76. The molecular weight excluding hydrogens is 296 g/mol. The summed E-state index contributed by atoms with van der Waals surface area (Å²) in [7, 11) is 0. The largest absolute Gasteiger partial charge is 0.397 e. The van der Waals surface area contributed by atoms with E-state index in [4.69, 9.17) is 5.73 Å². The minimum Gasteiger partial charge on any atom is -0.397 e. The van der Waals surface area contributed by atoms with E-state index in [0.717, 1.165) is 25.9 Å². The molecule has 0 radical (unpaired) electrons. The van der Waals surface area contributed by atoms with Crippen LogP contribution in [0.1, 0.15) is 19.8 Å². The van der Waals surface area contributed by atoms with Crippen LogP contribution < -0.4 is 11.1 Å². The molecule has 0 spiro atoms. The Bertz CT molecular complexity index is 444. The van der Waals surface area contributed by atoms with Crippen LogP contribution in [0.2, 0.25) is 0 Å². The molecule has 1 saturated heterocycles. The van der Waals surface area contributed by atoms with Gasteiger partial charge in [-0.3, -0.25) is 5.32 Å². The van der Waals surface area contributed by atoms with Gasteiger partial charge in [0.25, 0.3) is 0 Å². The van der Waals surface area contributed by atoms with Crippen molar-refractivity contribution < 1.29 is 4.79 Å². The summed E-state index contributed by atoms with van der Waals surface area (Å²) in [6.45, 7) is 3.83. The van der Waals surface area contributed by atoms with Gasteiger partial charge >= 0.3 is 6.03 Å². The lowest BCUT2D eigenvalue weighted by Crippen LogP contribution is -2.40. The molecule has 1 aromatic rings. The molecule has 0 aromatic carbocycles. The first-order valence-electron chi connectivity index (χ1n) is 6.03. The molecule has 2 heterocycles. The molecule has 0 saturated carbocycles. The summed E-state index contributed by atoms with van der Waals surface area (Å²) in [6.07, 6.45) is 3.65. The van der Waals surface area contributed by atoms with E-state index in [2.05, 4.69) is 33.2 Å². The number of amides is 2. The summed E-state index contributed by atoms with van der Waals surface area (Å²) < 4.78 is 0.696. The molecule has 5 nitrogen and oxygen atoms in total. The van der Waals surface area contributed by atoms with Crippen LogP contribution in [0.5, 0.6) is 0 Å². The third kappa shape index (κ3) is 3.13. The Labute approximate surface area is 115 Å². The zero-order valence-corrected chi connectivity index (χ0v) is 11.9. The number of halogens is 1. The summed E-state index contributed by atoms with van der Waals surface area (Å²) in [6, 6.07) is 1.63. The first kappa shape index (κ1) is 13.1. The topological polar surface area (TPSA) is 71.2 Å². The van der Waals surface area contributed by atoms with Crippen LogP contribution in [-0.4, -0.2) is 29.0 Å². The van der Waals surface area contributed by atoms with Crippen LogP contribution in [0, 0.1) is 5.92 Å². The predicted octanol–water partition coefficient (Wildman–Crippen LogP) is 2.69. The number of hydrogen-bond donors (Lipinski definition) is 2. The van der Waals surface area contributed by atoms with Gasteiger partial charge in [0.15, 0.2) is 0 Å². The van der Waals surface area contributed by atoms with Crippen molar-refractivity contribution in [3.05, 3.63) is 16.7 Å². The number of pyridine rings is 1. The molecule has 18 heavy (non-hydrogen) atoms. The van der Waals surface area contributed by atoms with Gasteiger partial charge in [0, 0.05) is 13.1 Å². The second kappa shape index (κ2) is 5.56. The van der Waals surface area contributed by atoms with Gasteiger partial charge in [0.1, 0.15) is 5.82 Å². The van der Waals surface area contributed by atoms with Crippen molar-refractivity contribution in [1.82, 2.24) is 9.88 Å². The molecule has 2 rings (SSSR count).